The molecule has 1 aliphatic rings. The van der Waals surface area contributed by atoms with Crippen LogP contribution in [0.1, 0.15) is 37.6 Å². The Morgan fingerprint density at radius 1 is 1.40 bits per heavy atom. The minimum atomic E-state index is -0.0982. The van der Waals surface area contributed by atoms with Gasteiger partial charge in [-0.25, -0.2) is 0 Å². The first-order chi connectivity index (χ1) is 9.60. The molecule has 1 saturated heterocycles. The summed E-state index contributed by atoms with van der Waals surface area (Å²) in [5.41, 5.74) is 2.36. The molecular weight excluding hydrogens is 252 g/mol. The highest BCUT2D eigenvalue weighted by Gasteiger charge is 2.41. The van der Waals surface area contributed by atoms with Gasteiger partial charge in [-0.3, -0.25) is 10.1 Å². The van der Waals surface area contributed by atoms with Gasteiger partial charge in [-0.1, -0.05) is 31.2 Å². The van der Waals surface area contributed by atoms with Crippen molar-refractivity contribution in [2.75, 3.05) is 13.7 Å². The molecule has 0 radical (unpaired) electrons. The largest absolute Gasteiger partial charge is 0.383 e. The molecule has 1 aromatic carbocycles. The fourth-order valence-electron chi connectivity index (χ4n) is 2.87. The second-order valence-corrected chi connectivity index (χ2v) is 5.44. The maximum atomic E-state index is 12.6. The third-order valence-electron chi connectivity index (χ3n) is 3.96. The Balaban J connectivity index is 2.34. The van der Waals surface area contributed by atoms with Crippen LogP contribution >= 0.6 is 0 Å². The molecule has 1 fully saturated rings. The van der Waals surface area contributed by atoms with E-state index in [1.807, 2.05) is 30.9 Å². The molecule has 1 aromatic rings. The molecule has 4 nitrogen and oxygen atoms in total. The number of carbonyl (C=O) groups is 1. The van der Waals surface area contributed by atoms with Gasteiger partial charge >= 0.3 is 0 Å². The van der Waals surface area contributed by atoms with Crippen LogP contribution in [0.2, 0.25) is 0 Å². The number of rotatable bonds is 5. The van der Waals surface area contributed by atoms with E-state index in [1.54, 1.807) is 7.11 Å². The highest BCUT2D eigenvalue weighted by Crippen LogP contribution is 2.30. The molecule has 2 rings (SSSR count). The van der Waals surface area contributed by atoms with Crippen molar-refractivity contribution in [2.45, 2.75) is 45.4 Å². The first kappa shape index (κ1) is 15.0. The molecule has 1 N–H and O–H groups in total. The Hall–Kier alpha value is -1.39. The van der Waals surface area contributed by atoms with E-state index in [0.717, 1.165) is 6.42 Å². The molecule has 3 unspecified atom stereocenters. The molecule has 0 aliphatic carbocycles. The Kier molecular flexibility index (Phi) is 4.78. The number of nitrogens with one attached hydrogen (secondary N) is 1. The van der Waals surface area contributed by atoms with E-state index in [9.17, 15) is 4.79 Å². The number of hydrogen-bond donors (Lipinski definition) is 1. The Morgan fingerprint density at radius 3 is 2.70 bits per heavy atom. The van der Waals surface area contributed by atoms with E-state index < -0.39 is 0 Å². The maximum Gasteiger partial charge on any atom is 0.241 e. The van der Waals surface area contributed by atoms with Gasteiger partial charge in [-0.2, -0.15) is 0 Å². The fourth-order valence-corrected chi connectivity index (χ4v) is 2.87. The number of methoxy groups -OCH3 is 1. The van der Waals surface area contributed by atoms with Crippen molar-refractivity contribution in [1.82, 2.24) is 10.2 Å². The topological polar surface area (TPSA) is 41.6 Å². The summed E-state index contributed by atoms with van der Waals surface area (Å²) in [5, 5.41) is 3.46. The van der Waals surface area contributed by atoms with Crippen LogP contribution in [0, 0.1) is 6.92 Å². The summed E-state index contributed by atoms with van der Waals surface area (Å²) in [5.74, 6) is 0.172. The first-order valence-electron chi connectivity index (χ1n) is 7.22. The highest BCUT2D eigenvalue weighted by molar-refractivity contribution is 5.85. The molecule has 3 atom stereocenters. The molecule has 1 amide bonds. The minimum Gasteiger partial charge on any atom is -0.383 e. The predicted octanol–water partition coefficient (Wildman–Crippen LogP) is 2.24. The maximum absolute atomic E-state index is 12.6. The zero-order valence-electron chi connectivity index (χ0n) is 12.7. The van der Waals surface area contributed by atoms with Gasteiger partial charge in [0.05, 0.1) is 18.7 Å². The number of carbonyl (C=O) groups excluding carboxylic acids is 1. The third kappa shape index (κ3) is 2.72. The van der Waals surface area contributed by atoms with E-state index in [-0.39, 0.29) is 24.2 Å². The van der Waals surface area contributed by atoms with Gasteiger partial charge in [0.1, 0.15) is 6.17 Å². The van der Waals surface area contributed by atoms with Gasteiger partial charge in [0.25, 0.3) is 0 Å². The number of nitrogens with zero attached hydrogens (tertiary/aromatic N) is 1. The van der Waals surface area contributed by atoms with Crippen LogP contribution in [0.25, 0.3) is 0 Å². The van der Waals surface area contributed by atoms with Crippen molar-refractivity contribution in [2.24, 2.45) is 0 Å². The molecule has 20 heavy (non-hydrogen) atoms. The normalized spacial score (nSPS) is 24.2. The van der Waals surface area contributed by atoms with Crippen LogP contribution in [-0.2, 0) is 9.53 Å². The number of ether oxygens (including phenoxy) is 1. The molecule has 0 spiro atoms. The summed E-state index contributed by atoms with van der Waals surface area (Å²) >= 11 is 0. The Labute approximate surface area is 121 Å². The second-order valence-electron chi connectivity index (χ2n) is 5.44. The number of amides is 1. The van der Waals surface area contributed by atoms with Gasteiger partial charge in [0.15, 0.2) is 0 Å². The predicted molar refractivity (Wildman–Crippen MR) is 79.3 cm³/mol. The van der Waals surface area contributed by atoms with Crippen LogP contribution in [0.15, 0.2) is 24.3 Å². The van der Waals surface area contributed by atoms with Crippen LogP contribution < -0.4 is 5.32 Å². The zero-order valence-corrected chi connectivity index (χ0v) is 12.7. The number of benzene rings is 1. The minimum absolute atomic E-state index is 0.0566. The molecular formula is C16H24N2O2. The van der Waals surface area contributed by atoms with Crippen molar-refractivity contribution in [3.05, 3.63) is 35.4 Å². The summed E-state index contributed by atoms with van der Waals surface area (Å²) in [6.45, 7) is 6.70. The number of hydrogen-bond acceptors (Lipinski definition) is 3. The lowest BCUT2D eigenvalue weighted by Gasteiger charge is -2.31. The molecule has 0 aromatic heterocycles. The number of aryl methyl sites for hydroxylation is 1. The monoisotopic (exact) mass is 276 g/mol. The Bertz CT molecular complexity index is 475. The van der Waals surface area contributed by atoms with Gasteiger partial charge in [-0.15, -0.1) is 0 Å². The summed E-state index contributed by atoms with van der Waals surface area (Å²) in [7, 11) is 1.67. The smallest absolute Gasteiger partial charge is 0.241 e. The average molecular weight is 276 g/mol. The van der Waals surface area contributed by atoms with Crippen molar-refractivity contribution in [3.8, 4) is 0 Å². The standard InChI is InChI=1S/C16H24N2O2/c1-5-14-16(19)18(12(3)10-20-4)15(17-14)13-9-7-6-8-11(13)2/h6-9,12,14-15,17H,5,10H2,1-4H3. The van der Waals surface area contributed by atoms with E-state index in [4.69, 9.17) is 4.74 Å². The summed E-state index contributed by atoms with van der Waals surface area (Å²) in [6, 6.07) is 8.17. The van der Waals surface area contributed by atoms with Gasteiger partial charge < -0.3 is 9.64 Å². The molecule has 110 valence electrons. The summed E-state index contributed by atoms with van der Waals surface area (Å²) < 4.78 is 5.23. The van der Waals surface area contributed by atoms with Crippen LogP contribution in [0.3, 0.4) is 0 Å². The molecule has 1 aliphatic heterocycles. The lowest BCUT2D eigenvalue weighted by molar-refractivity contribution is -0.133. The van der Waals surface area contributed by atoms with E-state index >= 15 is 0 Å². The second kappa shape index (κ2) is 6.37. The molecule has 4 heteroatoms. The molecule has 1 heterocycles. The lowest BCUT2D eigenvalue weighted by atomic mass is 10.1. The van der Waals surface area contributed by atoms with Gasteiger partial charge in [0.2, 0.25) is 5.91 Å². The van der Waals surface area contributed by atoms with Crippen molar-refractivity contribution in [1.29, 1.82) is 0 Å². The molecule has 0 bridgehead atoms. The van der Waals surface area contributed by atoms with E-state index in [1.165, 1.54) is 11.1 Å². The molecule has 0 saturated carbocycles. The highest BCUT2D eigenvalue weighted by atomic mass is 16.5. The van der Waals surface area contributed by atoms with E-state index in [0.29, 0.717) is 6.61 Å². The van der Waals surface area contributed by atoms with Gasteiger partial charge in [-0.05, 0) is 31.4 Å². The fraction of sp³-hybridized carbons (Fsp3) is 0.562. The first-order valence-corrected chi connectivity index (χ1v) is 7.22. The average Bonchev–Trinajstić information content (AvgIpc) is 2.76. The van der Waals surface area contributed by atoms with Crippen molar-refractivity contribution >= 4 is 5.91 Å². The zero-order chi connectivity index (χ0) is 14.7. The van der Waals surface area contributed by atoms with Crippen LogP contribution in [0.4, 0.5) is 0 Å². The van der Waals surface area contributed by atoms with Crippen molar-refractivity contribution < 1.29 is 9.53 Å². The van der Waals surface area contributed by atoms with Crippen molar-refractivity contribution in [3.63, 3.8) is 0 Å². The van der Waals surface area contributed by atoms with Crippen LogP contribution in [-0.4, -0.2) is 36.6 Å². The quantitative estimate of drug-likeness (QED) is 0.896. The van der Waals surface area contributed by atoms with E-state index in [2.05, 4.69) is 24.4 Å². The SMILES string of the molecule is CCC1NC(c2ccccc2C)N(C(C)COC)C1=O. The van der Waals surface area contributed by atoms with Gasteiger partial charge in [0, 0.05) is 7.11 Å². The summed E-state index contributed by atoms with van der Waals surface area (Å²) in [4.78, 5) is 14.5. The lowest BCUT2D eigenvalue weighted by Crippen LogP contribution is -2.41. The summed E-state index contributed by atoms with van der Waals surface area (Å²) in [6.07, 6.45) is 0.746. The third-order valence-corrected chi connectivity index (χ3v) is 3.96. The Morgan fingerprint density at radius 2 is 2.10 bits per heavy atom. The van der Waals surface area contributed by atoms with Crippen LogP contribution in [0.5, 0.6) is 0 Å².